The fraction of sp³-hybridized carbons (Fsp3) is 0.462. The molecule has 1 fully saturated rings. The zero-order valence-corrected chi connectivity index (χ0v) is 25.5. The van der Waals surface area contributed by atoms with Crippen molar-refractivity contribution in [3.63, 3.8) is 0 Å². The van der Waals surface area contributed by atoms with Crippen molar-refractivity contribution in [2.24, 2.45) is 0 Å². The highest BCUT2D eigenvalue weighted by atomic mass is 35.5. The van der Waals surface area contributed by atoms with Crippen LogP contribution < -0.4 is 4.74 Å². The Labute approximate surface area is 241 Å². The Morgan fingerprint density at radius 2 is 1.90 bits per heavy atom. The van der Waals surface area contributed by atoms with Gasteiger partial charge in [-0.3, -0.25) is 14.6 Å². The molecule has 1 saturated carbocycles. The maximum Gasteiger partial charge on any atom is 0.235 e. The van der Waals surface area contributed by atoms with Crippen LogP contribution in [0.25, 0.3) is 0 Å². The van der Waals surface area contributed by atoms with Crippen LogP contribution in [0.5, 0.6) is 5.75 Å². The lowest BCUT2D eigenvalue weighted by Gasteiger charge is -2.26. The van der Waals surface area contributed by atoms with E-state index in [0.717, 1.165) is 26.4 Å². The summed E-state index contributed by atoms with van der Waals surface area (Å²) < 4.78 is 31.4. The van der Waals surface area contributed by atoms with Gasteiger partial charge in [-0.2, -0.15) is 0 Å². The van der Waals surface area contributed by atoms with Gasteiger partial charge in [-0.1, -0.05) is 11.6 Å². The van der Waals surface area contributed by atoms with Crippen molar-refractivity contribution >= 4 is 56.0 Å². The highest BCUT2D eigenvalue weighted by Gasteiger charge is 2.54. The monoisotopic (exact) mass is 610 g/mol. The molecule has 0 saturated heterocycles. The summed E-state index contributed by atoms with van der Waals surface area (Å²) >= 11 is 8.91. The summed E-state index contributed by atoms with van der Waals surface area (Å²) in [5, 5.41) is 0.587. The lowest BCUT2D eigenvalue weighted by Crippen LogP contribution is -2.40. The molecule has 0 bridgehead atoms. The highest BCUT2D eigenvalue weighted by molar-refractivity contribution is 7.89. The molecule has 0 aliphatic heterocycles. The van der Waals surface area contributed by atoms with E-state index in [0.29, 0.717) is 40.7 Å². The summed E-state index contributed by atoms with van der Waals surface area (Å²) in [5.41, 5.74) is 0.158. The van der Waals surface area contributed by atoms with E-state index in [-0.39, 0.29) is 18.1 Å². The maximum atomic E-state index is 14.0. The van der Waals surface area contributed by atoms with Crippen molar-refractivity contribution in [1.29, 1.82) is 0 Å². The summed E-state index contributed by atoms with van der Waals surface area (Å²) in [6.07, 6.45) is 4.53. The second kappa shape index (κ2) is 12.0. The van der Waals surface area contributed by atoms with Crippen molar-refractivity contribution in [3.05, 3.63) is 60.9 Å². The Morgan fingerprint density at radius 1 is 1.15 bits per heavy atom. The first-order valence-corrected chi connectivity index (χ1v) is 16.0. The van der Waals surface area contributed by atoms with Crippen molar-refractivity contribution < 1.29 is 22.7 Å². The van der Waals surface area contributed by atoms with E-state index in [1.54, 1.807) is 25.1 Å². The smallest absolute Gasteiger partial charge is 0.235 e. The number of ketones is 1. The van der Waals surface area contributed by atoms with Gasteiger partial charge in [-0.25, -0.2) is 17.7 Å². The molecule has 1 aliphatic carbocycles. The van der Waals surface area contributed by atoms with Crippen LogP contribution in [0.4, 0.5) is 0 Å². The molecule has 13 heteroatoms. The van der Waals surface area contributed by atoms with Crippen LogP contribution in [0.15, 0.2) is 30.5 Å². The Balaban J connectivity index is 1.55. The molecule has 4 rings (SSSR count). The number of thiophene rings is 1. The molecule has 1 amide bonds. The standard InChI is InChI=1S/C26H31ClN4O5S3/c1-17-24(20(32)16-39(34,35)30(2)3)29-23(37-17)15-31(13-5-6-19-8-10-22(27)38-19)25(33)26(11-12-26)21-9-7-18(36-4)14-28-21/h7-10,14H,5-6,11-13,15-16H2,1-4H3. The number of aryl methyl sites for hydroxylation is 2. The molecule has 3 heterocycles. The number of methoxy groups -OCH3 is 1. The van der Waals surface area contributed by atoms with Gasteiger partial charge in [0.1, 0.15) is 22.2 Å². The van der Waals surface area contributed by atoms with Crippen LogP contribution in [0.2, 0.25) is 4.34 Å². The summed E-state index contributed by atoms with van der Waals surface area (Å²) in [6.45, 7) is 2.46. The van der Waals surface area contributed by atoms with Gasteiger partial charge in [-0.05, 0) is 56.9 Å². The third-order valence-electron chi connectivity index (χ3n) is 6.69. The zero-order valence-electron chi connectivity index (χ0n) is 22.3. The molecule has 210 valence electrons. The topological polar surface area (TPSA) is 110 Å². The normalized spacial score (nSPS) is 14.4. The minimum absolute atomic E-state index is 0.0275. The minimum atomic E-state index is -3.71. The third kappa shape index (κ3) is 6.86. The molecule has 3 aromatic rings. The number of halogens is 1. The first-order valence-electron chi connectivity index (χ1n) is 12.4. The van der Waals surface area contributed by atoms with Gasteiger partial charge in [0.15, 0.2) is 5.78 Å². The number of rotatable bonds is 13. The van der Waals surface area contributed by atoms with E-state index in [1.807, 2.05) is 24.3 Å². The number of carbonyl (C=O) groups excluding carboxylic acids is 2. The second-order valence-corrected chi connectivity index (χ2v) is 14.9. The molecule has 0 atom stereocenters. The summed E-state index contributed by atoms with van der Waals surface area (Å²) in [7, 11) is 0.638. The Hall–Kier alpha value is -2.38. The summed E-state index contributed by atoms with van der Waals surface area (Å²) in [4.78, 5) is 39.3. The van der Waals surface area contributed by atoms with E-state index < -0.39 is 27.0 Å². The van der Waals surface area contributed by atoms with Crippen LogP contribution in [-0.4, -0.2) is 72.8 Å². The van der Waals surface area contributed by atoms with E-state index in [4.69, 9.17) is 16.3 Å². The van der Waals surface area contributed by atoms with Crippen LogP contribution >= 0.6 is 34.3 Å². The fourth-order valence-corrected chi connectivity index (χ4v) is 7.10. The van der Waals surface area contributed by atoms with E-state index in [2.05, 4.69) is 9.97 Å². The lowest BCUT2D eigenvalue weighted by molar-refractivity contribution is -0.134. The van der Waals surface area contributed by atoms with Crippen molar-refractivity contribution in [2.45, 2.75) is 44.6 Å². The predicted octanol–water partition coefficient (Wildman–Crippen LogP) is 4.34. The van der Waals surface area contributed by atoms with Gasteiger partial charge >= 0.3 is 0 Å². The molecule has 1 aliphatic rings. The molecule has 3 aromatic heterocycles. The van der Waals surface area contributed by atoms with Gasteiger partial charge in [-0.15, -0.1) is 22.7 Å². The van der Waals surface area contributed by atoms with Gasteiger partial charge in [0.25, 0.3) is 0 Å². The van der Waals surface area contributed by atoms with E-state index >= 15 is 0 Å². The minimum Gasteiger partial charge on any atom is -0.495 e. The van der Waals surface area contributed by atoms with Gasteiger partial charge in [0, 0.05) is 30.4 Å². The highest BCUT2D eigenvalue weighted by Crippen LogP contribution is 2.49. The summed E-state index contributed by atoms with van der Waals surface area (Å²) in [6, 6.07) is 7.51. The molecular weight excluding hydrogens is 580 g/mol. The number of thiazole rings is 1. The van der Waals surface area contributed by atoms with E-state index in [1.165, 1.54) is 36.8 Å². The second-order valence-electron chi connectivity index (χ2n) is 9.68. The van der Waals surface area contributed by atoms with Crippen molar-refractivity contribution in [3.8, 4) is 5.75 Å². The molecule has 0 N–H and O–H groups in total. The number of sulfonamides is 1. The third-order valence-corrected chi connectivity index (χ3v) is 10.7. The molecular formula is C26H31ClN4O5S3. The number of nitrogens with zero attached hydrogens (tertiary/aromatic N) is 4. The van der Waals surface area contributed by atoms with Crippen LogP contribution in [0, 0.1) is 6.92 Å². The number of amides is 1. The van der Waals surface area contributed by atoms with Gasteiger partial charge in [0.05, 0.1) is 35.3 Å². The molecule has 0 radical (unpaired) electrons. The SMILES string of the molecule is COc1ccc(C2(C(=O)N(CCCc3ccc(Cl)s3)Cc3nc(C(=O)CS(=O)(=O)N(C)C)c(C)s3)CC2)nc1. The van der Waals surface area contributed by atoms with Gasteiger partial charge < -0.3 is 9.64 Å². The molecule has 0 spiro atoms. The van der Waals surface area contributed by atoms with E-state index in [9.17, 15) is 18.0 Å². The number of carbonyl (C=O) groups is 2. The molecule has 9 nitrogen and oxygen atoms in total. The first kappa shape index (κ1) is 29.6. The quantitative estimate of drug-likeness (QED) is 0.265. The molecule has 39 heavy (non-hydrogen) atoms. The largest absolute Gasteiger partial charge is 0.495 e. The zero-order chi connectivity index (χ0) is 28.4. The summed E-state index contributed by atoms with van der Waals surface area (Å²) in [5.74, 6) is -0.611. The number of pyridine rings is 1. The molecule has 0 aromatic carbocycles. The van der Waals surface area contributed by atoms with Crippen LogP contribution in [0.3, 0.4) is 0 Å². The first-order chi connectivity index (χ1) is 18.4. The number of aromatic nitrogens is 2. The van der Waals surface area contributed by atoms with Crippen LogP contribution in [0.1, 0.15) is 50.2 Å². The Morgan fingerprint density at radius 3 is 2.46 bits per heavy atom. The van der Waals surface area contributed by atoms with Crippen molar-refractivity contribution in [2.75, 3.05) is 33.5 Å². The van der Waals surface area contributed by atoms with Crippen molar-refractivity contribution in [1.82, 2.24) is 19.2 Å². The predicted molar refractivity (Wildman–Crippen MR) is 153 cm³/mol. The average molecular weight is 611 g/mol. The lowest BCUT2D eigenvalue weighted by atomic mass is 9.99. The number of ether oxygens (including phenoxy) is 1. The number of Topliss-reactive ketones (excluding diaryl/α,β-unsaturated/α-hetero) is 1. The Kier molecular flexibility index (Phi) is 9.12. The fourth-order valence-electron chi connectivity index (χ4n) is 4.28. The van der Waals surface area contributed by atoms with Crippen LogP contribution in [-0.2, 0) is 33.2 Å². The Bertz CT molecular complexity index is 1450. The molecule has 0 unspecified atom stereocenters. The average Bonchev–Trinajstić information content (AvgIpc) is 3.47. The van der Waals surface area contributed by atoms with Gasteiger partial charge in [0.2, 0.25) is 15.9 Å². The maximum absolute atomic E-state index is 14.0. The number of hydrogen-bond donors (Lipinski definition) is 0. The number of hydrogen-bond acceptors (Lipinski definition) is 9.